The Morgan fingerprint density at radius 2 is 1.16 bits per heavy atom. The number of nitrogens with one attached hydrogen (secondary N) is 1. The minimum atomic E-state index is -0.318. The van der Waals surface area contributed by atoms with Gasteiger partial charge in [0.25, 0.3) is 11.8 Å². The fraction of sp³-hybridized carbons (Fsp3) is 0.212. The number of thiol groups is 1. The van der Waals surface area contributed by atoms with E-state index in [0.29, 0.717) is 11.1 Å². The molecule has 0 spiro atoms. The van der Waals surface area contributed by atoms with Gasteiger partial charge in [-0.15, -0.1) is 0 Å². The smallest absolute Gasteiger partial charge is 0.259 e. The predicted octanol–water partition coefficient (Wildman–Crippen LogP) is 7.53. The van der Waals surface area contributed by atoms with E-state index < -0.39 is 0 Å². The van der Waals surface area contributed by atoms with Gasteiger partial charge in [0.2, 0.25) is 0 Å². The molecule has 1 N–H and O–H groups in total. The second kappa shape index (κ2) is 11.2. The molecule has 37 heavy (non-hydrogen) atoms. The fourth-order valence-corrected chi connectivity index (χ4v) is 6.08. The van der Waals surface area contributed by atoms with Crippen LogP contribution in [-0.2, 0) is 5.41 Å². The number of hydrogen-bond acceptors (Lipinski definition) is 3. The molecule has 0 fully saturated rings. The summed E-state index contributed by atoms with van der Waals surface area (Å²) in [7, 11) is 0. The number of carbonyl (C=O) groups is 2. The van der Waals surface area contributed by atoms with Crippen LogP contribution in [-0.4, -0.2) is 11.8 Å². The van der Waals surface area contributed by atoms with Gasteiger partial charge in [-0.05, 0) is 41.2 Å². The second-order valence-corrected chi connectivity index (χ2v) is 10.3. The summed E-state index contributed by atoms with van der Waals surface area (Å²) in [5, 5.41) is 2.32. The van der Waals surface area contributed by atoms with Crippen LogP contribution in [0.15, 0.2) is 109 Å². The van der Waals surface area contributed by atoms with E-state index in [1.165, 1.54) is 16.7 Å². The molecular weight excluding hydrogens is 474 g/mol. The van der Waals surface area contributed by atoms with Crippen LogP contribution in [0.1, 0.15) is 80.3 Å². The van der Waals surface area contributed by atoms with Crippen molar-refractivity contribution >= 4 is 24.4 Å². The van der Waals surface area contributed by atoms with E-state index in [-0.39, 0.29) is 22.5 Å². The number of unbranched alkanes of at least 4 members (excludes halogenated alkanes) is 2. The summed E-state index contributed by atoms with van der Waals surface area (Å²) in [6.07, 6.45) is 4.91. The molecule has 0 aliphatic carbocycles. The second-order valence-electron chi connectivity index (χ2n) is 9.67. The van der Waals surface area contributed by atoms with Crippen molar-refractivity contribution in [2.45, 2.75) is 42.8 Å². The van der Waals surface area contributed by atoms with E-state index >= 15 is 0 Å². The number of benzene rings is 4. The molecule has 0 bridgehead atoms. The molecule has 1 unspecified atom stereocenters. The largest absolute Gasteiger partial charge is 0.288 e. The van der Waals surface area contributed by atoms with Crippen molar-refractivity contribution in [1.82, 2.24) is 5.32 Å². The maximum absolute atomic E-state index is 12.3. The Bertz CT molecular complexity index is 1270. The number of imide groups is 1. The molecule has 5 rings (SSSR count). The molecule has 1 aliphatic heterocycles. The van der Waals surface area contributed by atoms with E-state index in [9.17, 15) is 9.59 Å². The lowest BCUT2D eigenvalue weighted by atomic mass is 9.66. The number of rotatable bonds is 10. The molecule has 2 amide bonds. The van der Waals surface area contributed by atoms with E-state index in [1.54, 1.807) is 6.07 Å². The molecule has 3 nitrogen and oxygen atoms in total. The van der Waals surface area contributed by atoms with Crippen molar-refractivity contribution in [2.24, 2.45) is 0 Å². The van der Waals surface area contributed by atoms with Crippen molar-refractivity contribution in [2.75, 3.05) is 0 Å². The van der Waals surface area contributed by atoms with Gasteiger partial charge in [-0.1, -0.05) is 122 Å². The lowest BCUT2D eigenvalue weighted by Crippen LogP contribution is -2.29. The van der Waals surface area contributed by atoms with Crippen LogP contribution in [0.2, 0.25) is 0 Å². The van der Waals surface area contributed by atoms with Crippen LogP contribution >= 0.6 is 12.6 Å². The summed E-state index contributed by atoms with van der Waals surface area (Å²) in [4.78, 5) is 24.4. The molecule has 4 aromatic rings. The van der Waals surface area contributed by atoms with Crippen LogP contribution in [0.3, 0.4) is 0 Å². The third-order valence-corrected chi connectivity index (χ3v) is 8.02. The SMILES string of the molecule is O=C1NC(=O)c2c1cccc2C(S)CCCCCC(c1ccccc1)(c1ccccc1)c1ccccc1. The van der Waals surface area contributed by atoms with E-state index in [4.69, 9.17) is 12.6 Å². The molecule has 186 valence electrons. The quantitative estimate of drug-likeness (QED) is 0.101. The fourth-order valence-electron chi connectivity index (χ4n) is 5.68. The number of fused-ring (bicyclic) bond motifs is 1. The maximum atomic E-state index is 12.3. The molecule has 1 heterocycles. The average Bonchev–Trinajstić information content (AvgIpc) is 3.25. The molecule has 4 heteroatoms. The normalized spacial score (nSPS) is 13.8. The minimum Gasteiger partial charge on any atom is -0.288 e. The highest BCUT2D eigenvalue weighted by Crippen LogP contribution is 2.43. The van der Waals surface area contributed by atoms with Crippen molar-refractivity contribution < 1.29 is 9.59 Å². The van der Waals surface area contributed by atoms with Crippen LogP contribution in [0.5, 0.6) is 0 Å². The van der Waals surface area contributed by atoms with Crippen molar-refractivity contribution in [1.29, 1.82) is 0 Å². The lowest BCUT2D eigenvalue weighted by molar-refractivity contribution is 0.0879. The minimum absolute atomic E-state index is 0.0891. The lowest BCUT2D eigenvalue weighted by Gasteiger charge is -2.36. The third kappa shape index (κ3) is 4.99. The van der Waals surface area contributed by atoms with Gasteiger partial charge in [-0.2, -0.15) is 12.6 Å². The van der Waals surface area contributed by atoms with Gasteiger partial charge in [-0.25, -0.2) is 0 Å². The molecule has 0 saturated carbocycles. The monoisotopic (exact) mass is 505 g/mol. The van der Waals surface area contributed by atoms with Gasteiger partial charge in [0.05, 0.1) is 11.1 Å². The maximum Gasteiger partial charge on any atom is 0.259 e. The number of amides is 2. The van der Waals surface area contributed by atoms with Crippen LogP contribution in [0.4, 0.5) is 0 Å². The first-order valence-corrected chi connectivity index (χ1v) is 13.5. The summed E-state index contributed by atoms with van der Waals surface area (Å²) < 4.78 is 0. The Labute approximate surface area is 224 Å². The first-order valence-electron chi connectivity index (χ1n) is 12.9. The van der Waals surface area contributed by atoms with Gasteiger partial charge in [0, 0.05) is 10.7 Å². The topological polar surface area (TPSA) is 46.2 Å². The molecule has 0 aromatic heterocycles. The molecule has 0 radical (unpaired) electrons. The first kappa shape index (κ1) is 25.0. The third-order valence-electron chi connectivity index (χ3n) is 7.48. The van der Waals surface area contributed by atoms with Crippen molar-refractivity contribution in [3.8, 4) is 0 Å². The Kier molecular flexibility index (Phi) is 7.57. The summed E-state index contributed by atoms with van der Waals surface area (Å²) >= 11 is 4.83. The standard InChI is InChI=1S/C33H31NO2S/c35-31-28-21-13-20-27(30(28)32(36)34-31)29(37)22-11-4-12-23-33(24-14-5-1-6-15-24,25-16-7-2-8-17-25)26-18-9-3-10-19-26/h1-3,5-10,13-21,29,37H,4,11-12,22-23H2,(H,34,35,36). The average molecular weight is 506 g/mol. The Hall–Kier alpha value is -3.63. The van der Waals surface area contributed by atoms with Crippen LogP contribution < -0.4 is 5.32 Å². The summed E-state index contributed by atoms with van der Waals surface area (Å²) in [5.74, 6) is -0.630. The Balaban J connectivity index is 1.34. The van der Waals surface area contributed by atoms with Crippen LogP contribution in [0.25, 0.3) is 0 Å². The van der Waals surface area contributed by atoms with E-state index in [1.807, 2.05) is 12.1 Å². The molecule has 0 saturated heterocycles. The van der Waals surface area contributed by atoms with Gasteiger partial charge in [0.1, 0.15) is 0 Å². The highest BCUT2D eigenvalue weighted by molar-refractivity contribution is 7.80. The Morgan fingerprint density at radius 3 is 1.70 bits per heavy atom. The molecule has 1 atom stereocenters. The summed E-state index contributed by atoms with van der Waals surface area (Å²) in [6, 6.07) is 37.9. The Morgan fingerprint density at radius 1 is 0.622 bits per heavy atom. The van der Waals surface area contributed by atoms with Gasteiger partial charge in [-0.3, -0.25) is 14.9 Å². The first-order chi connectivity index (χ1) is 18.1. The zero-order valence-electron chi connectivity index (χ0n) is 20.8. The van der Waals surface area contributed by atoms with Gasteiger partial charge in [0.15, 0.2) is 0 Å². The number of carbonyl (C=O) groups excluding carboxylic acids is 2. The predicted molar refractivity (Wildman–Crippen MR) is 152 cm³/mol. The highest BCUT2D eigenvalue weighted by atomic mass is 32.1. The van der Waals surface area contributed by atoms with Crippen LogP contribution in [0, 0.1) is 0 Å². The highest BCUT2D eigenvalue weighted by Gasteiger charge is 2.35. The van der Waals surface area contributed by atoms with Crippen molar-refractivity contribution in [3.63, 3.8) is 0 Å². The van der Waals surface area contributed by atoms with E-state index in [0.717, 1.165) is 37.7 Å². The van der Waals surface area contributed by atoms with Gasteiger partial charge < -0.3 is 0 Å². The van der Waals surface area contributed by atoms with E-state index in [2.05, 4.69) is 96.3 Å². The van der Waals surface area contributed by atoms with Crippen molar-refractivity contribution in [3.05, 3.63) is 143 Å². The molecule has 1 aliphatic rings. The zero-order valence-corrected chi connectivity index (χ0v) is 21.7. The summed E-state index contributed by atoms with van der Waals surface area (Å²) in [6.45, 7) is 0. The number of hydrogen-bond donors (Lipinski definition) is 2. The zero-order chi connectivity index (χ0) is 25.7. The molecule has 4 aromatic carbocycles. The van der Waals surface area contributed by atoms with Gasteiger partial charge >= 0.3 is 0 Å². The summed E-state index contributed by atoms with van der Waals surface area (Å²) in [5.41, 5.74) is 5.46. The molecular formula is C33H31NO2S.